The van der Waals surface area contributed by atoms with E-state index in [0.29, 0.717) is 12.0 Å². The van der Waals surface area contributed by atoms with Crippen LogP contribution in [-0.4, -0.2) is 36.0 Å². The lowest BCUT2D eigenvalue weighted by atomic mass is 9.99. The van der Waals surface area contributed by atoms with Gasteiger partial charge in [-0.15, -0.1) is 0 Å². The smallest absolute Gasteiger partial charge is 0.312 e. The average Bonchev–Trinajstić information content (AvgIpc) is 2.68. The molecule has 0 saturated heterocycles. The Morgan fingerprint density at radius 1 is 1.04 bits per heavy atom. The van der Waals surface area contributed by atoms with Crippen molar-refractivity contribution in [1.29, 1.82) is 0 Å². The van der Waals surface area contributed by atoms with Crippen LogP contribution in [0.4, 0.5) is 5.69 Å². The molecule has 2 aromatic carbocycles. The number of carbonyl (C=O) groups is 3. The van der Waals surface area contributed by atoms with Gasteiger partial charge in [0.1, 0.15) is 0 Å². The second kappa shape index (κ2) is 8.49. The molecule has 1 aliphatic rings. The molecule has 0 aliphatic carbocycles. The van der Waals surface area contributed by atoms with Gasteiger partial charge in [0.2, 0.25) is 11.8 Å². The Morgan fingerprint density at radius 2 is 1.74 bits per heavy atom. The van der Waals surface area contributed by atoms with E-state index in [0.717, 1.165) is 17.7 Å². The third-order valence-electron chi connectivity index (χ3n) is 4.76. The number of para-hydroxylation sites is 1. The summed E-state index contributed by atoms with van der Waals surface area (Å²) in [6.07, 6.45) is 1.28. The number of nitrogens with zero attached hydrogens (tertiary/aromatic N) is 1. The topological polar surface area (TPSA) is 86.7 Å². The number of carboxylic acid groups (broad SMARTS) is 1. The Labute approximate surface area is 157 Å². The fraction of sp³-hybridized carbons (Fsp3) is 0.286. The molecular weight excluding hydrogens is 344 g/mol. The molecule has 2 N–H and O–H groups in total. The van der Waals surface area contributed by atoms with Gasteiger partial charge in [-0.1, -0.05) is 48.5 Å². The highest BCUT2D eigenvalue weighted by atomic mass is 16.4. The van der Waals surface area contributed by atoms with E-state index in [1.165, 1.54) is 0 Å². The van der Waals surface area contributed by atoms with Crippen LogP contribution in [0.2, 0.25) is 0 Å². The maximum atomic E-state index is 12.2. The van der Waals surface area contributed by atoms with E-state index in [1.807, 2.05) is 30.3 Å². The Bertz CT molecular complexity index is 835. The van der Waals surface area contributed by atoms with Crippen LogP contribution < -0.4 is 10.2 Å². The van der Waals surface area contributed by atoms with Gasteiger partial charge in [0, 0.05) is 31.6 Å². The molecule has 140 valence electrons. The second-order valence-electron chi connectivity index (χ2n) is 6.53. The maximum absolute atomic E-state index is 12.2. The first kappa shape index (κ1) is 18.6. The van der Waals surface area contributed by atoms with Crippen molar-refractivity contribution >= 4 is 23.5 Å². The number of hydrogen-bond donors (Lipinski definition) is 2. The number of aryl methyl sites for hydroxylation is 1. The van der Waals surface area contributed by atoms with Crippen LogP contribution in [0, 0.1) is 0 Å². The van der Waals surface area contributed by atoms with Gasteiger partial charge in [-0.25, -0.2) is 0 Å². The molecule has 0 bridgehead atoms. The van der Waals surface area contributed by atoms with E-state index in [-0.39, 0.29) is 31.3 Å². The highest BCUT2D eigenvalue weighted by Gasteiger charge is 2.25. The first-order valence-corrected chi connectivity index (χ1v) is 8.99. The van der Waals surface area contributed by atoms with Gasteiger partial charge in [-0.3, -0.25) is 14.4 Å². The summed E-state index contributed by atoms with van der Waals surface area (Å²) in [4.78, 5) is 37.6. The van der Waals surface area contributed by atoms with Crippen LogP contribution in [0.5, 0.6) is 0 Å². The van der Waals surface area contributed by atoms with Crippen LogP contribution >= 0.6 is 0 Å². The number of aliphatic carboxylic acids is 1. The molecule has 6 nitrogen and oxygen atoms in total. The average molecular weight is 366 g/mol. The fourth-order valence-corrected chi connectivity index (χ4v) is 3.29. The van der Waals surface area contributed by atoms with E-state index in [1.54, 1.807) is 29.2 Å². The summed E-state index contributed by atoms with van der Waals surface area (Å²) >= 11 is 0. The third-order valence-corrected chi connectivity index (χ3v) is 4.76. The van der Waals surface area contributed by atoms with Crippen molar-refractivity contribution < 1.29 is 19.5 Å². The quantitative estimate of drug-likeness (QED) is 0.787. The van der Waals surface area contributed by atoms with Gasteiger partial charge in [0.25, 0.3) is 0 Å². The number of nitrogens with one attached hydrogen (secondary N) is 1. The zero-order chi connectivity index (χ0) is 19.2. The molecule has 3 rings (SSSR count). The van der Waals surface area contributed by atoms with E-state index >= 15 is 0 Å². The summed E-state index contributed by atoms with van der Waals surface area (Å²) in [5, 5.41) is 12.1. The lowest BCUT2D eigenvalue weighted by molar-refractivity contribution is -0.138. The van der Waals surface area contributed by atoms with E-state index < -0.39 is 11.9 Å². The highest BCUT2D eigenvalue weighted by molar-refractivity contribution is 5.97. The Kier molecular flexibility index (Phi) is 5.86. The molecule has 0 radical (unpaired) electrons. The van der Waals surface area contributed by atoms with Crippen molar-refractivity contribution in [2.45, 2.75) is 25.2 Å². The van der Waals surface area contributed by atoms with Crippen LogP contribution in [-0.2, 0) is 20.8 Å². The molecule has 0 spiro atoms. The number of anilines is 1. The van der Waals surface area contributed by atoms with Gasteiger partial charge < -0.3 is 15.3 Å². The molecule has 0 fully saturated rings. The molecule has 1 atom stereocenters. The zero-order valence-corrected chi connectivity index (χ0v) is 14.9. The summed E-state index contributed by atoms with van der Waals surface area (Å²) in [5.41, 5.74) is 2.60. The molecule has 1 unspecified atom stereocenters. The van der Waals surface area contributed by atoms with Crippen molar-refractivity contribution in [1.82, 2.24) is 5.32 Å². The third kappa shape index (κ3) is 4.53. The van der Waals surface area contributed by atoms with E-state index in [2.05, 4.69) is 5.32 Å². The van der Waals surface area contributed by atoms with Crippen LogP contribution in [0.3, 0.4) is 0 Å². The summed E-state index contributed by atoms with van der Waals surface area (Å²) in [6, 6.07) is 16.5. The minimum atomic E-state index is -0.985. The number of hydrogen-bond acceptors (Lipinski definition) is 3. The number of fused-ring (bicyclic) bond motifs is 1. The van der Waals surface area contributed by atoms with Gasteiger partial charge >= 0.3 is 5.97 Å². The summed E-state index contributed by atoms with van der Waals surface area (Å²) in [6.45, 7) is 0.299. The largest absolute Gasteiger partial charge is 0.481 e. The molecule has 0 aromatic heterocycles. The first-order chi connectivity index (χ1) is 13.1. The summed E-state index contributed by atoms with van der Waals surface area (Å²) in [5.74, 6) is -2.05. The first-order valence-electron chi connectivity index (χ1n) is 8.99. The summed E-state index contributed by atoms with van der Waals surface area (Å²) in [7, 11) is 0. The lowest BCUT2D eigenvalue weighted by Crippen LogP contribution is -2.39. The number of rotatable bonds is 7. The van der Waals surface area contributed by atoms with E-state index in [4.69, 9.17) is 0 Å². The van der Waals surface area contributed by atoms with Gasteiger partial charge in [0.15, 0.2) is 0 Å². The molecular formula is C21H22N2O4. The number of benzene rings is 2. The van der Waals surface area contributed by atoms with Gasteiger partial charge in [-0.2, -0.15) is 0 Å². The molecule has 2 amide bonds. The Morgan fingerprint density at radius 3 is 2.48 bits per heavy atom. The fourth-order valence-electron chi connectivity index (χ4n) is 3.29. The monoisotopic (exact) mass is 366 g/mol. The van der Waals surface area contributed by atoms with Gasteiger partial charge in [0.05, 0.1) is 5.92 Å². The van der Waals surface area contributed by atoms with Crippen molar-refractivity contribution in [2.24, 2.45) is 0 Å². The molecule has 1 aliphatic heterocycles. The van der Waals surface area contributed by atoms with E-state index in [9.17, 15) is 19.5 Å². The Hall–Kier alpha value is -3.15. The van der Waals surface area contributed by atoms with Crippen molar-refractivity contribution in [3.63, 3.8) is 0 Å². The van der Waals surface area contributed by atoms with Crippen LogP contribution in [0.25, 0.3) is 0 Å². The second-order valence-corrected chi connectivity index (χ2v) is 6.53. The van der Waals surface area contributed by atoms with Crippen molar-refractivity contribution in [2.75, 3.05) is 18.0 Å². The molecule has 2 aromatic rings. The standard InChI is InChI=1S/C21H22N2O4/c24-19(22-14-17(21(26)27)15-6-2-1-3-7-15)12-13-23-18-9-5-4-8-16(18)10-11-20(23)25/h1-9,17H,10-14H2,(H,22,24)(H,26,27). The molecule has 27 heavy (non-hydrogen) atoms. The number of amides is 2. The SMILES string of the molecule is O=C(CCN1C(=O)CCc2ccccc21)NCC(C(=O)O)c1ccccc1. The maximum Gasteiger partial charge on any atom is 0.312 e. The van der Waals surface area contributed by atoms with Crippen LogP contribution in [0.1, 0.15) is 29.9 Å². The van der Waals surface area contributed by atoms with Crippen LogP contribution in [0.15, 0.2) is 54.6 Å². The van der Waals surface area contributed by atoms with Gasteiger partial charge in [-0.05, 0) is 23.6 Å². The molecule has 6 heteroatoms. The Balaban J connectivity index is 1.57. The number of carbonyl (C=O) groups excluding carboxylic acids is 2. The minimum Gasteiger partial charge on any atom is -0.481 e. The molecule has 1 heterocycles. The normalized spacial score (nSPS) is 14.4. The summed E-state index contributed by atoms with van der Waals surface area (Å²) < 4.78 is 0. The highest BCUT2D eigenvalue weighted by Crippen LogP contribution is 2.27. The minimum absolute atomic E-state index is 0.00852. The van der Waals surface area contributed by atoms with Crippen molar-refractivity contribution in [3.05, 3.63) is 65.7 Å². The van der Waals surface area contributed by atoms with Crippen molar-refractivity contribution in [3.8, 4) is 0 Å². The number of carboxylic acids is 1. The predicted octanol–water partition coefficient (Wildman–Crippen LogP) is 2.34. The lowest BCUT2D eigenvalue weighted by Gasteiger charge is -2.29. The zero-order valence-electron chi connectivity index (χ0n) is 14.9. The predicted molar refractivity (Wildman–Crippen MR) is 102 cm³/mol. The molecule has 0 saturated carbocycles.